The van der Waals surface area contributed by atoms with E-state index in [4.69, 9.17) is 10.5 Å². The van der Waals surface area contributed by atoms with Crippen LogP contribution in [0.3, 0.4) is 0 Å². The van der Waals surface area contributed by atoms with E-state index in [0.29, 0.717) is 23.5 Å². The maximum atomic E-state index is 12.4. The predicted octanol–water partition coefficient (Wildman–Crippen LogP) is 3.23. The molecule has 1 saturated heterocycles. The van der Waals surface area contributed by atoms with E-state index in [2.05, 4.69) is 15.5 Å². The zero-order valence-electron chi connectivity index (χ0n) is 16.1. The molecular weight excluding hydrogens is 356 g/mol. The zero-order valence-corrected chi connectivity index (χ0v) is 16.1. The van der Waals surface area contributed by atoms with Crippen molar-refractivity contribution >= 4 is 29.1 Å². The highest BCUT2D eigenvalue weighted by molar-refractivity contribution is 6.05. The van der Waals surface area contributed by atoms with E-state index in [1.165, 1.54) is 0 Å². The number of nitrogens with one attached hydrogen (secondary N) is 2. The molecule has 0 spiro atoms. The van der Waals surface area contributed by atoms with Gasteiger partial charge in [-0.3, -0.25) is 4.79 Å². The van der Waals surface area contributed by atoms with Gasteiger partial charge in [0.15, 0.2) is 0 Å². The van der Waals surface area contributed by atoms with Crippen LogP contribution in [0.4, 0.5) is 21.9 Å². The average Bonchev–Trinajstić information content (AvgIpc) is 3.11. The first kappa shape index (κ1) is 19.5. The number of carbonyl (C=O) groups is 2. The summed E-state index contributed by atoms with van der Waals surface area (Å²) < 4.78 is 5.13. The van der Waals surface area contributed by atoms with Gasteiger partial charge in [0.25, 0.3) is 5.91 Å². The molecule has 2 aromatic rings. The number of para-hydroxylation sites is 2. The molecule has 0 radical (unpaired) electrons. The van der Waals surface area contributed by atoms with Crippen LogP contribution in [0.5, 0.6) is 0 Å². The minimum absolute atomic E-state index is 0.0512. The molecule has 7 nitrogen and oxygen atoms in total. The topological polar surface area (TPSA) is 96.7 Å². The summed E-state index contributed by atoms with van der Waals surface area (Å²) >= 11 is 0. The Balaban J connectivity index is 1.56. The Hall–Kier alpha value is -3.22. The molecule has 2 aromatic carbocycles. The van der Waals surface area contributed by atoms with Gasteiger partial charge in [-0.15, -0.1) is 0 Å². The SMILES string of the molecule is CC(C)OC(=O)NC1CCN(c2ccc(C(=O)Nc3ccccc3N)cc2)C1. The zero-order chi connectivity index (χ0) is 20.1. The molecule has 0 aromatic heterocycles. The summed E-state index contributed by atoms with van der Waals surface area (Å²) in [5, 5.41) is 5.71. The quantitative estimate of drug-likeness (QED) is 0.690. The van der Waals surface area contributed by atoms with Crippen molar-refractivity contribution in [3.05, 3.63) is 54.1 Å². The van der Waals surface area contributed by atoms with E-state index in [9.17, 15) is 9.59 Å². The summed E-state index contributed by atoms with van der Waals surface area (Å²) in [6.45, 7) is 5.19. The summed E-state index contributed by atoms with van der Waals surface area (Å²) in [7, 11) is 0. The molecule has 28 heavy (non-hydrogen) atoms. The average molecular weight is 382 g/mol. The highest BCUT2D eigenvalue weighted by atomic mass is 16.6. The number of rotatable bonds is 5. The van der Waals surface area contributed by atoms with Crippen LogP contribution in [0, 0.1) is 0 Å². The van der Waals surface area contributed by atoms with Crippen LogP contribution < -0.4 is 21.3 Å². The lowest BCUT2D eigenvalue weighted by atomic mass is 10.1. The summed E-state index contributed by atoms with van der Waals surface area (Å²) in [5.74, 6) is -0.207. The second-order valence-electron chi connectivity index (χ2n) is 7.12. The number of hydrogen-bond donors (Lipinski definition) is 3. The van der Waals surface area contributed by atoms with Crippen LogP contribution >= 0.6 is 0 Å². The second kappa shape index (κ2) is 8.65. The van der Waals surface area contributed by atoms with Gasteiger partial charge in [0.1, 0.15) is 0 Å². The molecule has 1 heterocycles. The number of amides is 2. The maximum absolute atomic E-state index is 12.4. The van der Waals surface area contributed by atoms with Crippen molar-refractivity contribution in [1.82, 2.24) is 5.32 Å². The van der Waals surface area contributed by atoms with Crippen LogP contribution in [0.1, 0.15) is 30.6 Å². The van der Waals surface area contributed by atoms with Crippen LogP contribution in [-0.4, -0.2) is 37.2 Å². The van der Waals surface area contributed by atoms with Crippen LogP contribution in [0.15, 0.2) is 48.5 Å². The number of alkyl carbamates (subject to hydrolysis) is 1. The van der Waals surface area contributed by atoms with E-state index in [1.54, 1.807) is 24.3 Å². The van der Waals surface area contributed by atoms with Gasteiger partial charge in [-0.05, 0) is 56.7 Å². The smallest absolute Gasteiger partial charge is 0.407 e. The number of ether oxygens (including phenoxy) is 1. The van der Waals surface area contributed by atoms with Crippen LogP contribution in [0.2, 0.25) is 0 Å². The van der Waals surface area contributed by atoms with Crippen molar-refractivity contribution in [2.75, 3.05) is 29.0 Å². The van der Waals surface area contributed by atoms with Gasteiger partial charge in [0.05, 0.1) is 23.5 Å². The van der Waals surface area contributed by atoms with Crippen molar-refractivity contribution in [2.24, 2.45) is 0 Å². The first-order chi connectivity index (χ1) is 13.4. The van der Waals surface area contributed by atoms with Gasteiger partial charge in [-0.1, -0.05) is 12.1 Å². The highest BCUT2D eigenvalue weighted by Gasteiger charge is 2.25. The molecule has 1 unspecified atom stereocenters. The summed E-state index contributed by atoms with van der Waals surface area (Å²) in [6, 6.07) is 14.6. The summed E-state index contributed by atoms with van der Waals surface area (Å²) in [4.78, 5) is 26.3. The molecule has 1 aliphatic rings. The molecule has 1 fully saturated rings. The Morgan fingerprint density at radius 3 is 2.54 bits per heavy atom. The monoisotopic (exact) mass is 382 g/mol. The third-order valence-corrected chi connectivity index (χ3v) is 4.56. The van der Waals surface area contributed by atoms with Gasteiger partial charge in [0.2, 0.25) is 0 Å². The van der Waals surface area contributed by atoms with Crippen molar-refractivity contribution < 1.29 is 14.3 Å². The summed E-state index contributed by atoms with van der Waals surface area (Å²) in [6.07, 6.45) is 0.333. The number of nitrogens with zero attached hydrogens (tertiary/aromatic N) is 1. The van der Waals surface area contributed by atoms with E-state index in [-0.39, 0.29) is 24.1 Å². The van der Waals surface area contributed by atoms with Crippen molar-refractivity contribution in [3.63, 3.8) is 0 Å². The lowest BCUT2D eigenvalue weighted by Crippen LogP contribution is -2.38. The van der Waals surface area contributed by atoms with E-state index in [1.807, 2.05) is 38.1 Å². The van der Waals surface area contributed by atoms with Gasteiger partial charge < -0.3 is 26.0 Å². The number of hydrogen-bond acceptors (Lipinski definition) is 5. The first-order valence-electron chi connectivity index (χ1n) is 9.40. The lowest BCUT2D eigenvalue weighted by Gasteiger charge is -2.19. The standard InChI is InChI=1S/C21H26N4O3/c1-14(2)28-21(27)23-16-11-12-25(13-16)17-9-7-15(8-10-17)20(26)24-19-6-4-3-5-18(19)22/h3-10,14,16H,11-13,22H2,1-2H3,(H,23,27)(H,24,26). The lowest BCUT2D eigenvalue weighted by molar-refractivity contribution is 0.102. The first-order valence-corrected chi connectivity index (χ1v) is 9.40. The molecule has 0 aliphatic carbocycles. The van der Waals surface area contributed by atoms with E-state index < -0.39 is 0 Å². The van der Waals surface area contributed by atoms with Gasteiger partial charge in [-0.25, -0.2) is 4.79 Å². The minimum Gasteiger partial charge on any atom is -0.447 e. The van der Waals surface area contributed by atoms with Crippen LogP contribution in [0.25, 0.3) is 0 Å². The predicted molar refractivity (Wildman–Crippen MR) is 111 cm³/mol. The third-order valence-electron chi connectivity index (χ3n) is 4.56. The number of benzene rings is 2. The van der Waals surface area contributed by atoms with E-state index in [0.717, 1.165) is 18.7 Å². The number of nitrogens with two attached hydrogens (primary N) is 1. The third kappa shape index (κ3) is 4.94. The van der Waals surface area contributed by atoms with Gasteiger partial charge in [0, 0.05) is 24.3 Å². The Morgan fingerprint density at radius 1 is 1.14 bits per heavy atom. The number of nitrogen functional groups attached to an aromatic ring is 1. The number of carbonyl (C=O) groups excluding carboxylic acids is 2. The Morgan fingerprint density at radius 2 is 1.86 bits per heavy atom. The molecule has 4 N–H and O–H groups in total. The molecule has 1 atom stereocenters. The molecular formula is C21H26N4O3. The van der Waals surface area contributed by atoms with Gasteiger partial charge >= 0.3 is 6.09 Å². The van der Waals surface area contributed by atoms with E-state index >= 15 is 0 Å². The van der Waals surface area contributed by atoms with Crippen molar-refractivity contribution in [3.8, 4) is 0 Å². The molecule has 7 heteroatoms. The molecule has 148 valence electrons. The molecule has 1 aliphatic heterocycles. The maximum Gasteiger partial charge on any atom is 0.407 e. The number of anilines is 3. The fourth-order valence-corrected chi connectivity index (χ4v) is 3.16. The molecule has 2 amide bonds. The molecule has 0 bridgehead atoms. The molecule has 3 rings (SSSR count). The Bertz CT molecular complexity index is 836. The van der Waals surface area contributed by atoms with Gasteiger partial charge in [-0.2, -0.15) is 0 Å². The minimum atomic E-state index is -0.381. The second-order valence-corrected chi connectivity index (χ2v) is 7.12. The van der Waals surface area contributed by atoms with Crippen LogP contribution in [-0.2, 0) is 4.74 Å². The normalized spacial score (nSPS) is 16.1. The fraction of sp³-hybridized carbons (Fsp3) is 0.333. The molecule has 0 saturated carbocycles. The van der Waals surface area contributed by atoms with Crippen molar-refractivity contribution in [1.29, 1.82) is 0 Å². The summed E-state index contributed by atoms with van der Waals surface area (Å²) in [5.41, 5.74) is 8.56. The highest BCUT2D eigenvalue weighted by Crippen LogP contribution is 2.22. The van der Waals surface area contributed by atoms with Crippen molar-refractivity contribution in [2.45, 2.75) is 32.4 Å². The Kier molecular flexibility index (Phi) is 6.03. The fourth-order valence-electron chi connectivity index (χ4n) is 3.16. The largest absolute Gasteiger partial charge is 0.447 e. The Labute approximate surface area is 164 Å².